The minimum absolute atomic E-state index is 0.0148. The molecule has 8 heteroatoms. The molecular formula is C13H17BrO7. The summed E-state index contributed by atoms with van der Waals surface area (Å²) in [5.74, 6) is -1.53. The van der Waals surface area contributed by atoms with E-state index in [1.807, 2.05) is 0 Å². The van der Waals surface area contributed by atoms with Crippen LogP contribution in [0.25, 0.3) is 0 Å². The smallest absolute Gasteiger partial charge is 0.348 e. The molecule has 0 N–H and O–H groups in total. The summed E-state index contributed by atoms with van der Waals surface area (Å²) in [6, 6.07) is 0. The van der Waals surface area contributed by atoms with Crippen molar-refractivity contribution in [3.8, 4) is 0 Å². The zero-order valence-corrected chi connectivity index (χ0v) is 13.8. The maximum Gasteiger partial charge on any atom is 0.348 e. The highest BCUT2D eigenvalue weighted by molar-refractivity contribution is 9.12. The van der Waals surface area contributed by atoms with Crippen LogP contribution in [0.15, 0.2) is 10.2 Å². The Labute approximate surface area is 130 Å². The SMILES string of the molecule is COC(=O)/C(Br)=C1/O[C@H](COC(C)=O)[C@H]2OC(C)(C)O[C@@H]12. The lowest BCUT2D eigenvalue weighted by molar-refractivity contribution is -0.173. The van der Waals surface area contributed by atoms with Crippen LogP contribution >= 0.6 is 15.9 Å². The molecule has 0 spiro atoms. The topological polar surface area (TPSA) is 80.3 Å². The number of ether oxygens (including phenoxy) is 5. The molecular weight excluding hydrogens is 348 g/mol. The second-order valence-electron chi connectivity index (χ2n) is 5.15. The average molecular weight is 365 g/mol. The Morgan fingerprint density at radius 2 is 2.00 bits per heavy atom. The third-order valence-corrected chi connectivity index (χ3v) is 3.78. The van der Waals surface area contributed by atoms with Crippen LogP contribution in [0, 0.1) is 0 Å². The molecule has 0 radical (unpaired) electrons. The van der Waals surface area contributed by atoms with Crippen molar-refractivity contribution in [3.63, 3.8) is 0 Å². The Morgan fingerprint density at radius 3 is 2.57 bits per heavy atom. The second kappa shape index (κ2) is 5.94. The molecule has 2 aliphatic rings. The molecule has 0 aliphatic carbocycles. The third-order valence-electron chi connectivity index (χ3n) is 3.06. The summed E-state index contributed by atoms with van der Waals surface area (Å²) in [7, 11) is 1.27. The van der Waals surface area contributed by atoms with E-state index in [0.29, 0.717) is 0 Å². The van der Waals surface area contributed by atoms with Crippen molar-refractivity contribution in [1.29, 1.82) is 0 Å². The van der Waals surface area contributed by atoms with Crippen molar-refractivity contribution in [2.75, 3.05) is 13.7 Å². The van der Waals surface area contributed by atoms with Gasteiger partial charge in [0, 0.05) is 6.92 Å². The molecule has 0 saturated carbocycles. The van der Waals surface area contributed by atoms with Gasteiger partial charge in [-0.15, -0.1) is 0 Å². The fraction of sp³-hybridized carbons (Fsp3) is 0.692. The molecule has 0 aromatic rings. The van der Waals surface area contributed by atoms with Crippen LogP contribution in [0.5, 0.6) is 0 Å². The van der Waals surface area contributed by atoms with E-state index < -0.39 is 36.0 Å². The minimum atomic E-state index is -0.817. The molecule has 0 aromatic carbocycles. The van der Waals surface area contributed by atoms with E-state index in [0.717, 1.165) is 0 Å². The van der Waals surface area contributed by atoms with Gasteiger partial charge < -0.3 is 23.7 Å². The van der Waals surface area contributed by atoms with Gasteiger partial charge in [0.05, 0.1) is 7.11 Å². The molecule has 21 heavy (non-hydrogen) atoms. The standard InChI is InChI=1S/C13H17BrO7/c1-6(15)18-5-7-9-11(21-13(2,3)20-9)10(19-7)8(14)12(16)17-4/h7,9,11H,5H2,1-4H3/b10-8-/t7-,9-,11-/m1/s1. The van der Waals surface area contributed by atoms with Crippen molar-refractivity contribution in [3.05, 3.63) is 10.2 Å². The number of hydrogen-bond acceptors (Lipinski definition) is 7. The summed E-state index contributed by atoms with van der Waals surface area (Å²) in [5.41, 5.74) is 0. The van der Waals surface area contributed by atoms with E-state index in [-0.39, 0.29) is 16.8 Å². The first kappa shape index (κ1) is 16.3. The van der Waals surface area contributed by atoms with E-state index in [1.165, 1.54) is 14.0 Å². The predicted molar refractivity (Wildman–Crippen MR) is 73.3 cm³/mol. The van der Waals surface area contributed by atoms with E-state index in [1.54, 1.807) is 13.8 Å². The van der Waals surface area contributed by atoms with Gasteiger partial charge in [0.2, 0.25) is 0 Å². The number of carbonyl (C=O) groups excluding carboxylic acids is 2. The number of carbonyl (C=O) groups is 2. The van der Waals surface area contributed by atoms with Gasteiger partial charge >= 0.3 is 11.9 Å². The van der Waals surface area contributed by atoms with Crippen molar-refractivity contribution in [1.82, 2.24) is 0 Å². The summed E-state index contributed by atoms with van der Waals surface area (Å²) in [6.07, 6.45) is -1.58. The number of fused-ring (bicyclic) bond motifs is 1. The van der Waals surface area contributed by atoms with Crippen LogP contribution in [0.2, 0.25) is 0 Å². The van der Waals surface area contributed by atoms with E-state index in [9.17, 15) is 9.59 Å². The first-order chi connectivity index (χ1) is 9.75. The predicted octanol–water partition coefficient (Wildman–Crippen LogP) is 1.25. The van der Waals surface area contributed by atoms with Crippen LogP contribution in [0.4, 0.5) is 0 Å². The highest BCUT2D eigenvalue weighted by Crippen LogP contribution is 2.42. The van der Waals surface area contributed by atoms with Gasteiger partial charge in [-0.25, -0.2) is 4.79 Å². The van der Waals surface area contributed by atoms with E-state index in [4.69, 9.17) is 18.9 Å². The van der Waals surface area contributed by atoms with Gasteiger partial charge in [-0.2, -0.15) is 0 Å². The maximum atomic E-state index is 11.6. The first-order valence-corrected chi connectivity index (χ1v) is 7.18. The van der Waals surface area contributed by atoms with Crippen LogP contribution in [0.3, 0.4) is 0 Å². The monoisotopic (exact) mass is 364 g/mol. The molecule has 2 fully saturated rings. The lowest BCUT2D eigenvalue weighted by Gasteiger charge is -2.22. The van der Waals surface area contributed by atoms with Crippen molar-refractivity contribution < 1.29 is 33.3 Å². The lowest BCUT2D eigenvalue weighted by atomic mass is 10.1. The Bertz CT molecular complexity index is 485. The highest BCUT2D eigenvalue weighted by Gasteiger charge is 2.55. The molecule has 0 aromatic heterocycles. The third kappa shape index (κ3) is 3.38. The molecule has 118 valence electrons. The van der Waals surface area contributed by atoms with Gasteiger partial charge in [0.25, 0.3) is 0 Å². The Kier molecular flexibility index (Phi) is 4.60. The Balaban J connectivity index is 2.25. The van der Waals surface area contributed by atoms with Gasteiger partial charge in [-0.3, -0.25) is 4.79 Å². The summed E-state index contributed by atoms with van der Waals surface area (Å²) < 4.78 is 26.9. The van der Waals surface area contributed by atoms with Crippen LogP contribution in [-0.4, -0.2) is 49.8 Å². The zero-order valence-electron chi connectivity index (χ0n) is 12.2. The second-order valence-corrected chi connectivity index (χ2v) is 5.94. The summed E-state index contributed by atoms with van der Waals surface area (Å²) in [5, 5.41) is 0. The Morgan fingerprint density at radius 1 is 1.33 bits per heavy atom. The van der Waals surface area contributed by atoms with Crippen molar-refractivity contribution in [2.24, 2.45) is 0 Å². The van der Waals surface area contributed by atoms with Gasteiger partial charge in [-0.05, 0) is 29.8 Å². The normalized spacial score (nSPS) is 32.1. The van der Waals surface area contributed by atoms with E-state index in [2.05, 4.69) is 20.7 Å². The highest BCUT2D eigenvalue weighted by atomic mass is 79.9. The quantitative estimate of drug-likeness (QED) is 0.550. The molecule has 3 atom stereocenters. The minimum Gasteiger partial charge on any atom is -0.484 e. The average Bonchev–Trinajstić information content (AvgIpc) is 2.88. The Hall–Kier alpha value is -1.12. The number of rotatable bonds is 3. The van der Waals surface area contributed by atoms with Crippen molar-refractivity contribution in [2.45, 2.75) is 44.9 Å². The van der Waals surface area contributed by atoms with Gasteiger partial charge in [0.15, 0.2) is 17.7 Å². The molecule has 2 aliphatic heterocycles. The molecule has 2 heterocycles. The van der Waals surface area contributed by atoms with Gasteiger partial charge in [-0.1, -0.05) is 0 Å². The fourth-order valence-electron chi connectivity index (χ4n) is 2.26. The van der Waals surface area contributed by atoms with Crippen LogP contribution in [0.1, 0.15) is 20.8 Å². The number of hydrogen-bond donors (Lipinski definition) is 0. The molecule has 0 bridgehead atoms. The van der Waals surface area contributed by atoms with Crippen LogP contribution in [-0.2, 0) is 33.3 Å². The summed E-state index contributed by atoms with van der Waals surface area (Å²) in [4.78, 5) is 22.6. The van der Waals surface area contributed by atoms with Crippen LogP contribution < -0.4 is 0 Å². The maximum absolute atomic E-state index is 11.6. The summed E-state index contributed by atoms with van der Waals surface area (Å²) in [6.45, 7) is 4.85. The molecule has 7 nitrogen and oxygen atoms in total. The van der Waals surface area contributed by atoms with Crippen molar-refractivity contribution >= 4 is 27.9 Å². The number of methoxy groups -OCH3 is 1. The molecule has 2 rings (SSSR count). The molecule has 0 amide bonds. The van der Waals surface area contributed by atoms with Gasteiger partial charge in [0.1, 0.15) is 23.3 Å². The molecule has 0 unspecified atom stereocenters. The number of esters is 2. The fourth-order valence-corrected chi connectivity index (χ4v) is 2.74. The molecule has 2 saturated heterocycles. The lowest BCUT2D eigenvalue weighted by Crippen LogP contribution is -2.33. The largest absolute Gasteiger partial charge is 0.484 e. The first-order valence-electron chi connectivity index (χ1n) is 6.39. The zero-order chi connectivity index (χ0) is 15.8. The summed E-state index contributed by atoms with van der Waals surface area (Å²) >= 11 is 3.15. The number of halogens is 1. The van der Waals surface area contributed by atoms with E-state index >= 15 is 0 Å².